The van der Waals surface area contributed by atoms with Crippen LogP contribution in [0.3, 0.4) is 0 Å². The maximum absolute atomic E-state index is 14.3. The van der Waals surface area contributed by atoms with E-state index >= 15 is 0 Å². The summed E-state index contributed by atoms with van der Waals surface area (Å²) in [6, 6.07) is 9.15. The Morgan fingerprint density at radius 3 is 2.51 bits per heavy atom. The summed E-state index contributed by atoms with van der Waals surface area (Å²) in [4.78, 5) is 35.5. The maximum atomic E-state index is 14.3. The van der Waals surface area contributed by atoms with E-state index in [1.54, 1.807) is 37.3 Å². The molecular formula is C32H25ClF3N5O6S2. The molecular weight excluding hydrogens is 707 g/mol. The number of hydrogen-bond donors (Lipinski definition) is 1. The van der Waals surface area contributed by atoms with Crippen LogP contribution in [0.5, 0.6) is 5.75 Å². The minimum Gasteiger partial charge on any atom is -0.491 e. The molecule has 17 heteroatoms. The first kappa shape index (κ1) is 34.2. The number of anilines is 1. The van der Waals surface area contributed by atoms with Crippen LogP contribution in [0.1, 0.15) is 33.0 Å². The van der Waals surface area contributed by atoms with Crippen molar-refractivity contribution in [2.45, 2.75) is 26.6 Å². The van der Waals surface area contributed by atoms with E-state index in [0.717, 1.165) is 6.07 Å². The molecule has 4 heterocycles. The molecule has 1 aliphatic heterocycles. The first-order valence-corrected chi connectivity index (χ1v) is 17.7. The van der Waals surface area contributed by atoms with E-state index in [9.17, 15) is 41.5 Å². The molecule has 5 aromatic rings. The number of aryl methyl sites for hydroxylation is 2. The number of nitriles is 1. The van der Waals surface area contributed by atoms with Gasteiger partial charge in [-0.05, 0) is 44.2 Å². The van der Waals surface area contributed by atoms with Gasteiger partial charge < -0.3 is 14.7 Å². The SMILES string of the molecule is Cc1cc(-c2cc(Cl)ccc2OCCn2c(C)nc3cc(C(F)(F)F)c(N4CCS(=O)(=O)CC4)c(C#N)c3c2=O)c2scc(C(=O)O)c2n1. The number of nitrogens with zero attached hydrogens (tertiary/aromatic N) is 5. The standard InChI is InChI=1S/C32H25ClF3N5O6S2/c1-16-11-20(29-27(38-16)22(15-48-29)31(43)44)19-12-18(33)3-4-25(19)47-8-5-41-17(2)39-24-13-23(32(34,35)36)28(21(14-37)26(24)30(41)42)40-6-9-49(45,46)10-7-40/h3-4,11-13,15H,5-10H2,1-2H3,(H,43,44). The van der Waals surface area contributed by atoms with E-state index in [4.69, 9.17) is 16.3 Å². The molecule has 1 N–H and O–H groups in total. The Kier molecular flexibility index (Phi) is 8.80. The van der Waals surface area contributed by atoms with Gasteiger partial charge in [0.2, 0.25) is 0 Å². The van der Waals surface area contributed by atoms with Crippen molar-refractivity contribution in [2.24, 2.45) is 0 Å². The molecule has 1 saturated heterocycles. The number of carboxylic acids is 1. The summed E-state index contributed by atoms with van der Waals surface area (Å²) in [5, 5.41) is 21.3. The van der Waals surface area contributed by atoms with Crippen LogP contribution in [0.15, 0.2) is 40.5 Å². The molecule has 0 saturated carbocycles. The third-order valence-corrected chi connectivity index (χ3v) is 11.0. The van der Waals surface area contributed by atoms with Crippen molar-refractivity contribution >= 4 is 65.6 Å². The lowest BCUT2D eigenvalue weighted by Crippen LogP contribution is -2.41. The lowest BCUT2D eigenvalue weighted by atomic mass is 10.0. The molecule has 6 rings (SSSR count). The van der Waals surface area contributed by atoms with E-state index in [1.165, 1.54) is 33.1 Å². The zero-order chi connectivity index (χ0) is 35.4. The highest BCUT2D eigenvalue weighted by Gasteiger charge is 2.39. The predicted octanol–water partition coefficient (Wildman–Crippen LogP) is 5.85. The summed E-state index contributed by atoms with van der Waals surface area (Å²) in [5.41, 5.74) is -1.23. The Bertz CT molecular complexity index is 2390. The average Bonchev–Trinajstić information content (AvgIpc) is 3.46. The number of rotatable bonds is 7. The van der Waals surface area contributed by atoms with Gasteiger partial charge in [0.15, 0.2) is 9.84 Å². The molecule has 0 aliphatic carbocycles. The van der Waals surface area contributed by atoms with Gasteiger partial charge in [-0.25, -0.2) is 18.2 Å². The van der Waals surface area contributed by atoms with E-state index in [2.05, 4.69) is 9.97 Å². The number of aromatic nitrogens is 3. The predicted molar refractivity (Wildman–Crippen MR) is 179 cm³/mol. The number of thiophene rings is 1. The number of alkyl halides is 3. The Balaban J connectivity index is 1.39. The van der Waals surface area contributed by atoms with E-state index in [-0.39, 0.29) is 48.5 Å². The van der Waals surface area contributed by atoms with Crippen LogP contribution < -0.4 is 15.2 Å². The molecule has 1 fully saturated rings. The number of fused-ring (bicyclic) bond motifs is 2. The summed E-state index contributed by atoms with van der Waals surface area (Å²) in [7, 11) is -3.46. The summed E-state index contributed by atoms with van der Waals surface area (Å²) in [5.74, 6) is -1.47. The fourth-order valence-corrected chi connectivity index (χ4v) is 8.29. The third-order valence-electron chi connectivity index (χ3n) is 8.17. The molecule has 1 aliphatic rings. The summed E-state index contributed by atoms with van der Waals surface area (Å²) in [6.07, 6.45) is -4.92. The van der Waals surface area contributed by atoms with Crippen molar-refractivity contribution in [3.8, 4) is 22.9 Å². The summed E-state index contributed by atoms with van der Waals surface area (Å²) in [6.45, 7) is 2.41. The second-order valence-corrected chi connectivity index (χ2v) is 15.0. The van der Waals surface area contributed by atoms with Crippen LogP contribution in [0.25, 0.3) is 32.2 Å². The number of ether oxygens (including phenoxy) is 1. The smallest absolute Gasteiger partial charge is 0.418 e. The van der Waals surface area contributed by atoms with Crippen LogP contribution in [0, 0.1) is 25.2 Å². The zero-order valence-corrected chi connectivity index (χ0v) is 28.1. The van der Waals surface area contributed by atoms with E-state index in [1.807, 2.05) is 0 Å². The minimum absolute atomic E-state index is 0.0562. The Hall–Kier alpha value is -4.72. The summed E-state index contributed by atoms with van der Waals surface area (Å²) < 4.78 is 74.9. The number of sulfone groups is 1. The van der Waals surface area contributed by atoms with Gasteiger partial charge in [0.25, 0.3) is 5.56 Å². The highest BCUT2D eigenvalue weighted by molar-refractivity contribution is 7.91. The van der Waals surface area contributed by atoms with Crippen molar-refractivity contribution < 1.29 is 36.2 Å². The molecule has 49 heavy (non-hydrogen) atoms. The Labute approximate surface area is 285 Å². The first-order valence-electron chi connectivity index (χ1n) is 14.7. The topological polar surface area (TPSA) is 155 Å². The third kappa shape index (κ3) is 6.41. The second kappa shape index (κ2) is 12.6. The molecule has 2 aromatic carbocycles. The molecule has 0 unspecified atom stereocenters. The van der Waals surface area contributed by atoms with Crippen molar-refractivity contribution in [3.63, 3.8) is 0 Å². The number of halogens is 4. The summed E-state index contributed by atoms with van der Waals surface area (Å²) >= 11 is 7.55. The molecule has 0 spiro atoms. The largest absolute Gasteiger partial charge is 0.491 e. The Morgan fingerprint density at radius 2 is 1.86 bits per heavy atom. The van der Waals surface area contributed by atoms with E-state index < -0.39 is 55.9 Å². The van der Waals surface area contributed by atoms with Gasteiger partial charge in [0.05, 0.1) is 61.5 Å². The van der Waals surface area contributed by atoms with Crippen molar-refractivity contribution in [3.05, 3.63) is 79.3 Å². The van der Waals surface area contributed by atoms with Crippen LogP contribution in [-0.2, 0) is 22.6 Å². The number of benzene rings is 2. The van der Waals surface area contributed by atoms with Crippen molar-refractivity contribution in [1.29, 1.82) is 5.26 Å². The fourth-order valence-electron chi connectivity index (χ4n) is 5.91. The number of carboxylic acid groups (broad SMARTS) is 1. The average molecular weight is 732 g/mol. The molecule has 0 amide bonds. The van der Waals surface area contributed by atoms with Gasteiger partial charge in [-0.15, -0.1) is 11.3 Å². The molecule has 254 valence electrons. The highest BCUT2D eigenvalue weighted by Crippen LogP contribution is 2.42. The van der Waals surface area contributed by atoms with Crippen LogP contribution in [-0.4, -0.2) is 65.2 Å². The molecule has 0 bridgehead atoms. The van der Waals surface area contributed by atoms with Crippen LogP contribution in [0.2, 0.25) is 5.02 Å². The van der Waals surface area contributed by atoms with E-state index in [0.29, 0.717) is 37.8 Å². The maximum Gasteiger partial charge on any atom is 0.418 e. The number of aromatic carboxylic acids is 1. The molecule has 0 radical (unpaired) electrons. The fraction of sp³-hybridized carbons (Fsp3) is 0.281. The minimum atomic E-state index is -4.92. The van der Waals surface area contributed by atoms with Crippen molar-refractivity contribution in [1.82, 2.24) is 14.5 Å². The molecule has 0 atom stereocenters. The number of carbonyl (C=O) groups is 1. The van der Waals surface area contributed by atoms with Gasteiger partial charge in [-0.3, -0.25) is 14.3 Å². The first-order chi connectivity index (χ1) is 23.1. The Morgan fingerprint density at radius 1 is 1.14 bits per heavy atom. The highest BCUT2D eigenvalue weighted by atomic mass is 35.5. The molecule has 3 aromatic heterocycles. The lowest BCUT2D eigenvalue weighted by Gasteiger charge is -2.32. The van der Waals surface area contributed by atoms with Crippen LogP contribution >= 0.6 is 22.9 Å². The number of hydrogen-bond acceptors (Lipinski definition) is 10. The van der Waals surface area contributed by atoms with Crippen molar-refractivity contribution in [2.75, 3.05) is 36.1 Å². The zero-order valence-electron chi connectivity index (χ0n) is 25.8. The lowest BCUT2D eigenvalue weighted by molar-refractivity contribution is -0.137. The molecule has 11 nitrogen and oxygen atoms in total. The van der Waals surface area contributed by atoms with Gasteiger partial charge >= 0.3 is 12.1 Å². The normalized spacial score (nSPS) is 14.7. The monoisotopic (exact) mass is 731 g/mol. The van der Waals surface area contributed by atoms with Gasteiger partial charge in [0, 0.05) is 40.3 Å². The number of pyridine rings is 1. The van der Waals surface area contributed by atoms with Gasteiger partial charge in [-0.1, -0.05) is 11.6 Å². The second-order valence-electron chi connectivity index (χ2n) is 11.3. The van der Waals surface area contributed by atoms with Gasteiger partial charge in [0.1, 0.15) is 24.3 Å². The van der Waals surface area contributed by atoms with Gasteiger partial charge in [-0.2, -0.15) is 18.4 Å². The quantitative estimate of drug-likeness (QED) is 0.216. The van der Waals surface area contributed by atoms with Crippen LogP contribution in [0.4, 0.5) is 18.9 Å².